The zero-order chi connectivity index (χ0) is 17.3. The maximum absolute atomic E-state index is 12.2. The van der Waals surface area contributed by atoms with Crippen molar-refractivity contribution >= 4 is 17.5 Å². The summed E-state index contributed by atoms with van der Waals surface area (Å²) in [6.45, 7) is 3.84. The van der Waals surface area contributed by atoms with Crippen molar-refractivity contribution < 1.29 is 14.7 Å². The molecule has 5 nitrogen and oxygen atoms in total. The van der Waals surface area contributed by atoms with Crippen molar-refractivity contribution in [2.45, 2.75) is 32.4 Å². The molecule has 124 valence electrons. The molecule has 1 aliphatic carbocycles. The van der Waals surface area contributed by atoms with Crippen molar-refractivity contribution in [3.63, 3.8) is 0 Å². The minimum absolute atomic E-state index is 0.472. The van der Waals surface area contributed by atoms with Crippen molar-refractivity contribution in [1.29, 1.82) is 0 Å². The fourth-order valence-corrected chi connectivity index (χ4v) is 3.09. The van der Waals surface area contributed by atoms with Gasteiger partial charge in [0.2, 0.25) is 0 Å². The van der Waals surface area contributed by atoms with E-state index in [1.165, 1.54) is 0 Å². The van der Waals surface area contributed by atoms with Crippen LogP contribution in [0.2, 0.25) is 0 Å². The standard InChI is InChI=1S/C19H20N2O3/c1-11-7-8-15(12(2)9-11)20-18(23)19(24)21-17-14-6-4-3-5-13(14)10-16(17)22/h3-9,16-17,22H,10H2,1-2H3,(H,20,23)(H,21,24). The van der Waals surface area contributed by atoms with Crippen molar-refractivity contribution in [3.8, 4) is 0 Å². The second kappa shape index (κ2) is 6.45. The van der Waals surface area contributed by atoms with Crippen molar-refractivity contribution in [2.24, 2.45) is 0 Å². The summed E-state index contributed by atoms with van der Waals surface area (Å²) in [5, 5.41) is 15.4. The maximum Gasteiger partial charge on any atom is 0.313 e. The van der Waals surface area contributed by atoms with Gasteiger partial charge in [-0.3, -0.25) is 9.59 Å². The second-order valence-corrected chi connectivity index (χ2v) is 6.19. The average Bonchev–Trinajstić information content (AvgIpc) is 2.86. The highest BCUT2D eigenvalue weighted by atomic mass is 16.3. The van der Waals surface area contributed by atoms with Gasteiger partial charge in [-0.1, -0.05) is 42.0 Å². The van der Waals surface area contributed by atoms with E-state index in [-0.39, 0.29) is 0 Å². The molecule has 1 aliphatic rings. The zero-order valence-electron chi connectivity index (χ0n) is 13.7. The van der Waals surface area contributed by atoms with E-state index in [4.69, 9.17) is 0 Å². The lowest BCUT2D eigenvalue weighted by Gasteiger charge is -2.18. The van der Waals surface area contributed by atoms with Crippen LogP contribution in [0.5, 0.6) is 0 Å². The van der Waals surface area contributed by atoms with Crippen molar-refractivity contribution in [1.82, 2.24) is 5.32 Å². The second-order valence-electron chi connectivity index (χ2n) is 6.19. The minimum atomic E-state index is -0.754. The Labute approximate surface area is 140 Å². The first-order valence-corrected chi connectivity index (χ1v) is 7.90. The van der Waals surface area contributed by atoms with E-state index in [0.29, 0.717) is 12.1 Å². The number of rotatable bonds is 2. The molecule has 2 unspecified atom stereocenters. The minimum Gasteiger partial charge on any atom is -0.390 e. The number of fused-ring (bicyclic) bond motifs is 1. The SMILES string of the molecule is Cc1ccc(NC(=O)C(=O)NC2c3ccccc3CC2O)c(C)c1. The molecule has 2 amide bonds. The van der Waals surface area contributed by atoms with E-state index in [1.54, 1.807) is 6.07 Å². The normalized spacial score (nSPS) is 18.8. The highest BCUT2D eigenvalue weighted by Gasteiger charge is 2.33. The molecular weight excluding hydrogens is 304 g/mol. The Morgan fingerprint density at radius 3 is 2.58 bits per heavy atom. The van der Waals surface area contributed by atoms with Crippen LogP contribution in [0.25, 0.3) is 0 Å². The molecule has 0 fully saturated rings. The Morgan fingerprint density at radius 2 is 1.83 bits per heavy atom. The summed E-state index contributed by atoms with van der Waals surface area (Å²) < 4.78 is 0. The van der Waals surface area contributed by atoms with Crippen LogP contribution in [0, 0.1) is 13.8 Å². The molecule has 2 aromatic carbocycles. The van der Waals surface area contributed by atoms with Gasteiger partial charge < -0.3 is 15.7 Å². The van der Waals surface area contributed by atoms with Crippen LogP contribution in [0.15, 0.2) is 42.5 Å². The number of aliphatic hydroxyl groups excluding tert-OH is 1. The van der Waals surface area contributed by atoms with Gasteiger partial charge in [0.25, 0.3) is 0 Å². The van der Waals surface area contributed by atoms with Gasteiger partial charge in [-0.05, 0) is 36.6 Å². The highest BCUT2D eigenvalue weighted by Crippen LogP contribution is 2.31. The number of benzene rings is 2. The Hall–Kier alpha value is -2.66. The Bertz CT molecular complexity index is 801. The van der Waals surface area contributed by atoms with E-state index in [0.717, 1.165) is 22.3 Å². The molecular formula is C19H20N2O3. The van der Waals surface area contributed by atoms with Crippen LogP contribution >= 0.6 is 0 Å². The Balaban J connectivity index is 1.70. The van der Waals surface area contributed by atoms with Crippen LogP contribution in [0.1, 0.15) is 28.3 Å². The lowest BCUT2D eigenvalue weighted by molar-refractivity contribution is -0.137. The van der Waals surface area contributed by atoms with Crippen LogP contribution in [0.3, 0.4) is 0 Å². The molecule has 0 bridgehead atoms. The average molecular weight is 324 g/mol. The number of hydrogen-bond acceptors (Lipinski definition) is 3. The summed E-state index contributed by atoms with van der Waals surface area (Å²) in [5.41, 5.74) is 4.43. The number of nitrogens with one attached hydrogen (secondary N) is 2. The molecule has 3 rings (SSSR count). The molecule has 0 heterocycles. The number of amides is 2. The van der Waals surface area contributed by atoms with Gasteiger partial charge in [-0.15, -0.1) is 0 Å². The monoisotopic (exact) mass is 324 g/mol. The molecule has 0 radical (unpaired) electrons. The first-order valence-electron chi connectivity index (χ1n) is 7.90. The van der Waals surface area contributed by atoms with Gasteiger partial charge in [0.1, 0.15) is 0 Å². The van der Waals surface area contributed by atoms with Gasteiger partial charge in [0.05, 0.1) is 12.1 Å². The third kappa shape index (κ3) is 3.16. The summed E-state index contributed by atoms with van der Waals surface area (Å²) in [4.78, 5) is 24.4. The van der Waals surface area contributed by atoms with Crippen LogP contribution in [0.4, 0.5) is 5.69 Å². The lowest BCUT2D eigenvalue weighted by atomic mass is 10.1. The first-order chi connectivity index (χ1) is 11.5. The van der Waals surface area contributed by atoms with Crippen LogP contribution < -0.4 is 10.6 Å². The maximum atomic E-state index is 12.2. The summed E-state index contributed by atoms with van der Waals surface area (Å²) in [7, 11) is 0. The third-order valence-electron chi connectivity index (χ3n) is 4.33. The molecule has 0 saturated carbocycles. The number of hydrogen-bond donors (Lipinski definition) is 3. The summed E-state index contributed by atoms with van der Waals surface area (Å²) in [6, 6.07) is 12.5. The molecule has 5 heteroatoms. The lowest BCUT2D eigenvalue weighted by Crippen LogP contribution is -2.40. The van der Waals surface area contributed by atoms with E-state index >= 15 is 0 Å². The number of carbonyl (C=O) groups excluding carboxylic acids is 2. The smallest absolute Gasteiger partial charge is 0.313 e. The van der Waals surface area contributed by atoms with Gasteiger partial charge in [-0.25, -0.2) is 0 Å². The summed E-state index contributed by atoms with van der Waals surface area (Å²) in [5.74, 6) is -1.49. The zero-order valence-corrected chi connectivity index (χ0v) is 13.7. The molecule has 0 aromatic heterocycles. The van der Waals surface area contributed by atoms with E-state index in [9.17, 15) is 14.7 Å². The third-order valence-corrected chi connectivity index (χ3v) is 4.33. The number of aryl methyl sites for hydroxylation is 2. The molecule has 2 atom stereocenters. The largest absolute Gasteiger partial charge is 0.390 e. The van der Waals surface area contributed by atoms with Gasteiger partial charge in [0.15, 0.2) is 0 Å². The number of anilines is 1. The van der Waals surface area contributed by atoms with Crippen LogP contribution in [-0.2, 0) is 16.0 Å². The van der Waals surface area contributed by atoms with Gasteiger partial charge in [0, 0.05) is 12.1 Å². The molecule has 0 saturated heterocycles. The predicted octanol–water partition coefficient (Wildman–Crippen LogP) is 2.02. The van der Waals surface area contributed by atoms with E-state index in [1.807, 2.05) is 50.2 Å². The first kappa shape index (κ1) is 16.2. The van der Waals surface area contributed by atoms with E-state index < -0.39 is 24.0 Å². The quantitative estimate of drug-likeness (QED) is 0.740. The molecule has 2 aromatic rings. The number of carbonyl (C=O) groups is 2. The number of aliphatic hydroxyl groups is 1. The topological polar surface area (TPSA) is 78.4 Å². The summed E-state index contributed by atoms with van der Waals surface area (Å²) >= 11 is 0. The highest BCUT2D eigenvalue weighted by molar-refractivity contribution is 6.39. The molecule has 0 aliphatic heterocycles. The fourth-order valence-electron chi connectivity index (χ4n) is 3.09. The van der Waals surface area contributed by atoms with Gasteiger partial charge >= 0.3 is 11.8 Å². The van der Waals surface area contributed by atoms with Crippen molar-refractivity contribution in [3.05, 3.63) is 64.7 Å². The van der Waals surface area contributed by atoms with Crippen molar-refractivity contribution in [2.75, 3.05) is 5.32 Å². The van der Waals surface area contributed by atoms with Crippen LogP contribution in [-0.4, -0.2) is 23.0 Å². The molecule has 3 N–H and O–H groups in total. The molecule has 0 spiro atoms. The Kier molecular flexibility index (Phi) is 4.36. The fraction of sp³-hybridized carbons (Fsp3) is 0.263. The predicted molar refractivity (Wildman–Crippen MR) is 91.6 cm³/mol. The molecule has 24 heavy (non-hydrogen) atoms. The van der Waals surface area contributed by atoms with Gasteiger partial charge in [-0.2, -0.15) is 0 Å². The Morgan fingerprint density at radius 1 is 1.08 bits per heavy atom. The summed E-state index contributed by atoms with van der Waals surface area (Å²) in [6.07, 6.45) is -0.250. The van der Waals surface area contributed by atoms with E-state index in [2.05, 4.69) is 10.6 Å².